The molecule has 3 N–H and O–H groups in total. The Kier molecular flexibility index (Phi) is 5.66. The molecule has 0 bridgehead atoms. The van der Waals surface area contributed by atoms with E-state index in [9.17, 15) is 4.79 Å². The molecule has 0 spiro atoms. The summed E-state index contributed by atoms with van der Waals surface area (Å²) in [6, 6.07) is 8.73. The first-order chi connectivity index (χ1) is 8.19. The van der Waals surface area contributed by atoms with E-state index >= 15 is 0 Å². The van der Waals surface area contributed by atoms with E-state index in [0.717, 1.165) is 12.0 Å². The van der Waals surface area contributed by atoms with Crippen molar-refractivity contribution in [2.24, 2.45) is 5.73 Å². The first-order valence-corrected chi connectivity index (χ1v) is 5.78. The quantitative estimate of drug-likeness (QED) is 0.780. The van der Waals surface area contributed by atoms with Gasteiger partial charge in [0.05, 0.1) is 12.6 Å². The molecule has 4 heteroatoms. The minimum absolute atomic E-state index is 0.0160. The lowest BCUT2D eigenvalue weighted by atomic mass is 10.1. The number of nitrogens with two attached hydrogens (primary N) is 1. The number of hydrogen-bond acceptors (Lipinski definition) is 3. The standard InChI is InChI=1S/C13H20N2O2/c1-3-11(9-17-2)15-13(16)12(14)10-7-5-4-6-8-10/h4-8,11-12H,3,9,14H2,1-2H3,(H,15,16)/t11?,12-/m1/s1. The van der Waals surface area contributed by atoms with Gasteiger partial charge >= 0.3 is 0 Å². The third-order valence-electron chi connectivity index (χ3n) is 2.65. The van der Waals surface area contributed by atoms with Crippen LogP contribution >= 0.6 is 0 Å². The van der Waals surface area contributed by atoms with Crippen molar-refractivity contribution >= 4 is 5.91 Å². The second-order valence-electron chi connectivity index (χ2n) is 3.96. The molecule has 2 atom stereocenters. The van der Waals surface area contributed by atoms with Gasteiger partial charge in [-0.1, -0.05) is 37.3 Å². The lowest BCUT2D eigenvalue weighted by molar-refractivity contribution is -0.123. The number of rotatable bonds is 6. The van der Waals surface area contributed by atoms with E-state index in [4.69, 9.17) is 10.5 Å². The Morgan fingerprint density at radius 2 is 2.06 bits per heavy atom. The molecule has 0 aliphatic carbocycles. The van der Waals surface area contributed by atoms with Gasteiger partial charge in [0.25, 0.3) is 0 Å². The molecule has 1 aromatic rings. The fourth-order valence-corrected chi connectivity index (χ4v) is 1.57. The zero-order valence-electron chi connectivity index (χ0n) is 10.3. The highest BCUT2D eigenvalue weighted by molar-refractivity contribution is 5.83. The molecule has 1 unspecified atom stereocenters. The fraction of sp³-hybridized carbons (Fsp3) is 0.462. The van der Waals surface area contributed by atoms with Crippen LogP contribution in [0.4, 0.5) is 0 Å². The maximum absolute atomic E-state index is 11.9. The van der Waals surface area contributed by atoms with E-state index in [0.29, 0.717) is 6.61 Å². The summed E-state index contributed by atoms with van der Waals surface area (Å²) in [5.74, 6) is -0.167. The number of methoxy groups -OCH3 is 1. The molecule has 17 heavy (non-hydrogen) atoms. The lowest BCUT2D eigenvalue weighted by Crippen LogP contribution is -2.42. The number of benzene rings is 1. The predicted molar refractivity (Wildman–Crippen MR) is 67.5 cm³/mol. The van der Waals surface area contributed by atoms with E-state index in [1.54, 1.807) is 7.11 Å². The van der Waals surface area contributed by atoms with Crippen LogP contribution in [-0.4, -0.2) is 25.7 Å². The summed E-state index contributed by atoms with van der Waals surface area (Å²) in [7, 11) is 1.62. The van der Waals surface area contributed by atoms with Gasteiger partial charge in [-0.2, -0.15) is 0 Å². The minimum Gasteiger partial charge on any atom is -0.383 e. The lowest BCUT2D eigenvalue weighted by Gasteiger charge is -2.19. The summed E-state index contributed by atoms with van der Waals surface area (Å²) >= 11 is 0. The van der Waals surface area contributed by atoms with Crippen molar-refractivity contribution in [3.63, 3.8) is 0 Å². The smallest absolute Gasteiger partial charge is 0.241 e. The number of hydrogen-bond donors (Lipinski definition) is 2. The van der Waals surface area contributed by atoms with Gasteiger partial charge in [-0.05, 0) is 12.0 Å². The van der Waals surface area contributed by atoms with Gasteiger partial charge < -0.3 is 15.8 Å². The number of nitrogens with one attached hydrogen (secondary N) is 1. The Hall–Kier alpha value is -1.39. The van der Waals surface area contributed by atoms with Crippen molar-refractivity contribution in [3.05, 3.63) is 35.9 Å². The first-order valence-electron chi connectivity index (χ1n) is 5.78. The summed E-state index contributed by atoms with van der Waals surface area (Å²) in [5.41, 5.74) is 6.70. The van der Waals surface area contributed by atoms with Gasteiger partial charge in [0.1, 0.15) is 6.04 Å². The minimum atomic E-state index is -0.623. The number of amides is 1. The van der Waals surface area contributed by atoms with Crippen molar-refractivity contribution in [2.75, 3.05) is 13.7 Å². The van der Waals surface area contributed by atoms with E-state index in [1.165, 1.54) is 0 Å². The van der Waals surface area contributed by atoms with E-state index in [2.05, 4.69) is 5.32 Å². The number of ether oxygens (including phenoxy) is 1. The molecule has 0 aromatic heterocycles. The van der Waals surface area contributed by atoms with Gasteiger partial charge in [0.2, 0.25) is 5.91 Å². The maximum Gasteiger partial charge on any atom is 0.241 e. The highest BCUT2D eigenvalue weighted by Crippen LogP contribution is 2.09. The van der Waals surface area contributed by atoms with Crippen LogP contribution in [-0.2, 0) is 9.53 Å². The molecular weight excluding hydrogens is 216 g/mol. The molecule has 0 saturated carbocycles. The Balaban J connectivity index is 2.58. The average Bonchev–Trinajstić information content (AvgIpc) is 2.38. The van der Waals surface area contributed by atoms with Crippen molar-refractivity contribution < 1.29 is 9.53 Å². The van der Waals surface area contributed by atoms with Crippen LogP contribution < -0.4 is 11.1 Å². The monoisotopic (exact) mass is 236 g/mol. The average molecular weight is 236 g/mol. The first kappa shape index (κ1) is 13.7. The molecule has 0 aliphatic heterocycles. The predicted octanol–water partition coefficient (Wildman–Crippen LogP) is 1.23. The largest absolute Gasteiger partial charge is 0.383 e. The maximum atomic E-state index is 11.9. The third kappa shape index (κ3) is 4.17. The van der Waals surface area contributed by atoms with Crippen LogP contribution in [0.25, 0.3) is 0 Å². The van der Waals surface area contributed by atoms with Gasteiger partial charge in [0.15, 0.2) is 0 Å². The van der Waals surface area contributed by atoms with Crippen LogP contribution in [0, 0.1) is 0 Å². The molecule has 0 radical (unpaired) electrons. The Labute approximate surface area is 102 Å². The third-order valence-corrected chi connectivity index (χ3v) is 2.65. The zero-order chi connectivity index (χ0) is 12.7. The molecule has 94 valence electrons. The molecule has 0 heterocycles. The molecule has 0 aliphatic rings. The number of carbonyl (C=O) groups is 1. The highest BCUT2D eigenvalue weighted by Gasteiger charge is 2.18. The van der Waals surface area contributed by atoms with Crippen LogP contribution in [0.3, 0.4) is 0 Å². The van der Waals surface area contributed by atoms with Gasteiger partial charge in [0, 0.05) is 7.11 Å². The van der Waals surface area contributed by atoms with Gasteiger partial charge in [-0.3, -0.25) is 4.79 Å². The summed E-state index contributed by atoms with van der Waals surface area (Å²) in [6.45, 7) is 2.50. The van der Waals surface area contributed by atoms with E-state index < -0.39 is 6.04 Å². The molecule has 1 rings (SSSR count). The Bertz CT molecular complexity index is 341. The summed E-state index contributed by atoms with van der Waals surface area (Å²) in [4.78, 5) is 11.9. The SMILES string of the molecule is CCC(COC)NC(=O)[C@H](N)c1ccccc1. The summed E-state index contributed by atoms with van der Waals surface area (Å²) in [5, 5.41) is 2.88. The van der Waals surface area contributed by atoms with Crippen LogP contribution in [0.5, 0.6) is 0 Å². The summed E-state index contributed by atoms with van der Waals surface area (Å²) < 4.78 is 5.03. The second kappa shape index (κ2) is 7.04. The topological polar surface area (TPSA) is 64.3 Å². The van der Waals surface area contributed by atoms with Gasteiger partial charge in [-0.25, -0.2) is 0 Å². The van der Waals surface area contributed by atoms with Crippen LogP contribution in [0.1, 0.15) is 24.9 Å². The van der Waals surface area contributed by atoms with Crippen molar-refractivity contribution in [2.45, 2.75) is 25.4 Å². The van der Waals surface area contributed by atoms with E-state index in [1.807, 2.05) is 37.3 Å². The molecule has 1 aromatic carbocycles. The molecule has 1 amide bonds. The Morgan fingerprint density at radius 3 is 2.59 bits per heavy atom. The molecule has 4 nitrogen and oxygen atoms in total. The van der Waals surface area contributed by atoms with Gasteiger partial charge in [-0.15, -0.1) is 0 Å². The molecule has 0 saturated heterocycles. The summed E-state index contributed by atoms with van der Waals surface area (Å²) in [6.07, 6.45) is 0.821. The van der Waals surface area contributed by atoms with Crippen molar-refractivity contribution in [1.29, 1.82) is 0 Å². The zero-order valence-corrected chi connectivity index (χ0v) is 10.3. The normalized spacial score (nSPS) is 14.1. The van der Waals surface area contributed by atoms with Crippen LogP contribution in [0.2, 0.25) is 0 Å². The van der Waals surface area contributed by atoms with Crippen molar-refractivity contribution in [3.8, 4) is 0 Å². The molecular formula is C13H20N2O2. The molecule has 0 fully saturated rings. The second-order valence-corrected chi connectivity index (χ2v) is 3.96. The van der Waals surface area contributed by atoms with E-state index in [-0.39, 0.29) is 11.9 Å². The number of carbonyl (C=O) groups excluding carboxylic acids is 1. The highest BCUT2D eigenvalue weighted by atomic mass is 16.5. The fourth-order valence-electron chi connectivity index (χ4n) is 1.57. The van der Waals surface area contributed by atoms with Crippen molar-refractivity contribution in [1.82, 2.24) is 5.32 Å². The Morgan fingerprint density at radius 1 is 1.41 bits per heavy atom. The van der Waals surface area contributed by atoms with Crippen LogP contribution in [0.15, 0.2) is 30.3 Å².